The summed E-state index contributed by atoms with van der Waals surface area (Å²) in [5, 5.41) is 3.27. The van der Waals surface area contributed by atoms with Crippen LogP contribution >= 0.6 is 0 Å². The number of hydrogen-bond acceptors (Lipinski definition) is 4. The number of anilines is 1. The maximum Gasteiger partial charge on any atom is 0.217 e. The zero-order chi connectivity index (χ0) is 14.5. The summed E-state index contributed by atoms with van der Waals surface area (Å²) in [5.41, 5.74) is 6.50. The molecule has 0 saturated carbocycles. The smallest absolute Gasteiger partial charge is 0.217 e. The average molecular weight is 276 g/mol. The third-order valence-electron chi connectivity index (χ3n) is 4.12. The van der Waals surface area contributed by atoms with Gasteiger partial charge in [0.05, 0.1) is 0 Å². The van der Waals surface area contributed by atoms with Gasteiger partial charge in [0.25, 0.3) is 0 Å². The molecule has 5 heteroatoms. The second-order valence-corrected chi connectivity index (χ2v) is 5.53. The van der Waals surface area contributed by atoms with Crippen LogP contribution in [0.25, 0.3) is 0 Å². The molecule has 0 radical (unpaired) electrons. The number of aromatic nitrogens is 1. The molecule has 1 atom stereocenters. The second-order valence-electron chi connectivity index (χ2n) is 5.53. The molecule has 0 spiro atoms. The number of carbonyl (C=O) groups excluding carboxylic acids is 1. The lowest BCUT2D eigenvalue weighted by molar-refractivity contribution is -0.119. The van der Waals surface area contributed by atoms with Gasteiger partial charge in [-0.1, -0.05) is 6.07 Å². The van der Waals surface area contributed by atoms with Gasteiger partial charge in [0.2, 0.25) is 5.91 Å². The van der Waals surface area contributed by atoms with E-state index in [1.54, 1.807) is 0 Å². The van der Waals surface area contributed by atoms with E-state index in [1.165, 1.54) is 5.56 Å². The number of amides is 1. The number of nitrogens with two attached hydrogens (primary N) is 1. The molecule has 2 heterocycles. The lowest BCUT2D eigenvalue weighted by Crippen LogP contribution is -2.36. The molecule has 3 N–H and O–H groups in total. The molecule has 110 valence electrons. The van der Waals surface area contributed by atoms with E-state index < -0.39 is 0 Å². The second kappa shape index (κ2) is 6.70. The molecule has 1 aromatic heterocycles. The van der Waals surface area contributed by atoms with Gasteiger partial charge >= 0.3 is 0 Å². The van der Waals surface area contributed by atoms with Crippen LogP contribution in [-0.4, -0.2) is 31.0 Å². The highest BCUT2D eigenvalue weighted by molar-refractivity contribution is 5.74. The largest absolute Gasteiger partial charge is 0.370 e. The summed E-state index contributed by atoms with van der Waals surface area (Å²) in [6.07, 6.45) is 4.37. The van der Waals surface area contributed by atoms with E-state index in [0.717, 1.165) is 31.7 Å². The third-order valence-corrected chi connectivity index (χ3v) is 4.12. The Bertz CT molecular complexity index is 455. The average Bonchev–Trinajstić information content (AvgIpc) is 2.46. The van der Waals surface area contributed by atoms with Crippen molar-refractivity contribution in [3.8, 4) is 0 Å². The summed E-state index contributed by atoms with van der Waals surface area (Å²) in [7, 11) is 1.96. The van der Waals surface area contributed by atoms with Gasteiger partial charge in [0.15, 0.2) is 0 Å². The van der Waals surface area contributed by atoms with Gasteiger partial charge in [-0.15, -0.1) is 0 Å². The number of carbonyl (C=O) groups is 1. The Morgan fingerprint density at radius 1 is 1.55 bits per heavy atom. The van der Waals surface area contributed by atoms with Crippen molar-refractivity contribution in [2.75, 3.05) is 25.0 Å². The summed E-state index contributed by atoms with van der Waals surface area (Å²) in [5.74, 6) is 1.30. The van der Waals surface area contributed by atoms with Crippen molar-refractivity contribution in [1.29, 1.82) is 0 Å². The summed E-state index contributed by atoms with van der Waals surface area (Å²) in [6.45, 7) is 4.02. The van der Waals surface area contributed by atoms with Gasteiger partial charge in [0, 0.05) is 37.3 Å². The molecule has 1 saturated heterocycles. The first-order chi connectivity index (χ1) is 9.61. The quantitative estimate of drug-likeness (QED) is 0.854. The molecule has 0 bridgehead atoms. The Kier molecular flexibility index (Phi) is 4.95. The summed E-state index contributed by atoms with van der Waals surface area (Å²) in [6, 6.07) is 4.38. The van der Waals surface area contributed by atoms with Crippen LogP contribution < -0.4 is 16.0 Å². The number of pyridine rings is 1. The van der Waals surface area contributed by atoms with Crippen LogP contribution in [0.2, 0.25) is 0 Å². The molecular formula is C15H24N4O. The number of piperidine rings is 1. The van der Waals surface area contributed by atoms with Crippen molar-refractivity contribution >= 4 is 11.7 Å². The maximum atomic E-state index is 11.0. The predicted octanol–water partition coefficient (Wildman–Crippen LogP) is 1.45. The molecule has 1 fully saturated rings. The van der Waals surface area contributed by atoms with Crippen molar-refractivity contribution in [3.63, 3.8) is 0 Å². The summed E-state index contributed by atoms with van der Waals surface area (Å²) >= 11 is 0. The van der Waals surface area contributed by atoms with Crippen molar-refractivity contribution in [1.82, 2.24) is 10.3 Å². The van der Waals surface area contributed by atoms with Crippen LogP contribution in [0.5, 0.6) is 0 Å². The Balaban J connectivity index is 2.05. The molecule has 1 aliphatic heterocycles. The van der Waals surface area contributed by atoms with Crippen LogP contribution in [0.4, 0.5) is 5.82 Å². The standard InChI is InChI=1S/C15H24N4O/c1-11(17-2)13-4-3-7-18-15(13)19-8-5-12(6-9-19)10-14(16)20/h3-4,7,11-12,17H,5-6,8-10H2,1-2H3,(H2,16,20). The number of nitrogens with zero attached hydrogens (tertiary/aromatic N) is 2. The SMILES string of the molecule is CNC(C)c1cccnc1N1CCC(CC(N)=O)CC1. The highest BCUT2D eigenvalue weighted by atomic mass is 16.1. The highest BCUT2D eigenvalue weighted by Gasteiger charge is 2.23. The fraction of sp³-hybridized carbons (Fsp3) is 0.600. The minimum Gasteiger partial charge on any atom is -0.370 e. The molecule has 20 heavy (non-hydrogen) atoms. The Hall–Kier alpha value is -1.62. The van der Waals surface area contributed by atoms with Gasteiger partial charge in [-0.3, -0.25) is 4.79 Å². The maximum absolute atomic E-state index is 11.0. The minimum absolute atomic E-state index is 0.189. The summed E-state index contributed by atoms with van der Waals surface area (Å²) in [4.78, 5) is 17.9. The topological polar surface area (TPSA) is 71.2 Å². The van der Waals surface area contributed by atoms with Crippen molar-refractivity contribution in [2.24, 2.45) is 11.7 Å². The van der Waals surface area contributed by atoms with Gasteiger partial charge in [0.1, 0.15) is 5.82 Å². The molecule has 5 nitrogen and oxygen atoms in total. The van der Waals surface area contributed by atoms with E-state index >= 15 is 0 Å². The highest BCUT2D eigenvalue weighted by Crippen LogP contribution is 2.28. The first-order valence-corrected chi connectivity index (χ1v) is 7.27. The number of nitrogens with one attached hydrogen (secondary N) is 1. The fourth-order valence-corrected chi connectivity index (χ4v) is 2.80. The van der Waals surface area contributed by atoms with E-state index in [-0.39, 0.29) is 11.9 Å². The number of rotatable bonds is 5. The van der Waals surface area contributed by atoms with E-state index in [0.29, 0.717) is 12.3 Å². The normalized spacial score (nSPS) is 18.0. The van der Waals surface area contributed by atoms with E-state index in [2.05, 4.69) is 28.2 Å². The first-order valence-electron chi connectivity index (χ1n) is 7.27. The Morgan fingerprint density at radius 2 is 2.25 bits per heavy atom. The van der Waals surface area contributed by atoms with E-state index in [1.807, 2.05) is 19.3 Å². The Labute approximate surface area is 120 Å². The van der Waals surface area contributed by atoms with Crippen molar-refractivity contribution < 1.29 is 4.79 Å². The molecule has 1 aromatic rings. The Morgan fingerprint density at radius 3 is 2.85 bits per heavy atom. The molecular weight excluding hydrogens is 252 g/mol. The monoisotopic (exact) mass is 276 g/mol. The van der Waals surface area contributed by atoms with Gasteiger partial charge in [-0.25, -0.2) is 4.98 Å². The predicted molar refractivity (Wildman–Crippen MR) is 80.5 cm³/mol. The van der Waals surface area contributed by atoms with E-state index in [4.69, 9.17) is 5.73 Å². The van der Waals surface area contributed by atoms with Crippen LogP contribution in [-0.2, 0) is 4.79 Å². The van der Waals surface area contributed by atoms with Crippen molar-refractivity contribution in [3.05, 3.63) is 23.9 Å². The third kappa shape index (κ3) is 3.48. The van der Waals surface area contributed by atoms with Crippen LogP contribution in [0.15, 0.2) is 18.3 Å². The first kappa shape index (κ1) is 14.8. The molecule has 1 amide bonds. The van der Waals surface area contributed by atoms with E-state index in [9.17, 15) is 4.79 Å². The molecule has 2 rings (SSSR count). The minimum atomic E-state index is -0.189. The van der Waals surface area contributed by atoms with Crippen LogP contribution in [0, 0.1) is 5.92 Å². The van der Waals surface area contributed by atoms with Gasteiger partial charge in [-0.2, -0.15) is 0 Å². The number of hydrogen-bond donors (Lipinski definition) is 2. The van der Waals surface area contributed by atoms with Gasteiger partial charge < -0.3 is 16.0 Å². The zero-order valence-corrected chi connectivity index (χ0v) is 12.3. The molecule has 1 aliphatic rings. The molecule has 1 unspecified atom stereocenters. The summed E-state index contributed by atoms with van der Waals surface area (Å²) < 4.78 is 0. The molecule has 0 aliphatic carbocycles. The zero-order valence-electron chi connectivity index (χ0n) is 12.3. The fourth-order valence-electron chi connectivity index (χ4n) is 2.80. The van der Waals surface area contributed by atoms with Crippen LogP contribution in [0.3, 0.4) is 0 Å². The molecule has 0 aromatic carbocycles. The van der Waals surface area contributed by atoms with Gasteiger partial charge in [-0.05, 0) is 38.8 Å². The number of primary amides is 1. The van der Waals surface area contributed by atoms with Crippen LogP contribution in [0.1, 0.15) is 37.8 Å². The lowest BCUT2D eigenvalue weighted by atomic mass is 9.93. The lowest BCUT2D eigenvalue weighted by Gasteiger charge is -2.34. The van der Waals surface area contributed by atoms with Crippen molar-refractivity contribution in [2.45, 2.75) is 32.2 Å².